The third kappa shape index (κ3) is 4.11. The van der Waals surface area contributed by atoms with Crippen LogP contribution >= 0.6 is 0 Å². The van der Waals surface area contributed by atoms with Crippen LogP contribution in [0.25, 0.3) is 10.8 Å². The topological polar surface area (TPSA) is 92.7 Å². The minimum Gasteiger partial charge on any atom is -0.492 e. The standard InChI is InChI=1S/C28H28FNO5S/c29-24-6-5-20(12-23(24)27(31)32)30-36(33,34)26-8-7-25(21-3-1-2-4-22(21)26)35-16-28-13-17-9-18(14-28)11-19(10-17)15-28/h1-8,12,17-19,30H,9-11,13-16H2,(H,31,32). The number of carboxylic acid groups (broad SMARTS) is 1. The molecule has 2 N–H and O–H groups in total. The Labute approximate surface area is 209 Å². The van der Waals surface area contributed by atoms with Crippen LogP contribution in [0, 0.1) is 29.0 Å². The fraction of sp³-hybridized carbons (Fsp3) is 0.393. The summed E-state index contributed by atoms with van der Waals surface area (Å²) in [5.41, 5.74) is -0.402. The Morgan fingerprint density at radius 1 is 0.972 bits per heavy atom. The summed E-state index contributed by atoms with van der Waals surface area (Å²) in [7, 11) is -4.08. The van der Waals surface area contributed by atoms with E-state index in [1.807, 2.05) is 12.1 Å². The first-order valence-electron chi connectivity index (χ1n) is 12.4. The lowest BCUT2D eigenvalue weighted by atomic mass is 9.50. The molecule has 6 nitrogen and oxygen atoms in total. The Hall–Kier alpha value is -3.13. The zero-order chi connectivity index (χ0) is 25.1. The van der Waals surface area contributed by atoms with Crippen LogP contribution in [-0.4, -0.2) is 26.1 Å². The first-order valence-corrected chi connectivity index (χ1v) is 13.9. The lowest BCUT2D eigenvalue weighted by molar-refractivity contribution is -0.0743. The maximum absolute atomic E-state index is 13.8. The number of aromatic carboxylic acids is 1. The predicted octanol–water partition coefficient (Wildman–Crippen LogP) is 6.07. The molecule has 36 heavy (non-hydrogen) atoms. The molecule has 0 heterocycles. The second-order valence-corrected chi connectivity index (χ2v) is 12.6. The molecular weight excluding hydrogens is 481 g/mol. The van der Waals surface area contributed by atoms with Crippen LogP contribution in [0.3, 0.4) is 0 Å². The maximum Gasteiger partial charge on any atom is 0.338 e. The fourth-order valence-electron chi connectivity index (χ4n) is 7.26. The third-order valence-corrected chi connectivity index (χ3v) is 9.72. The lowest BCUT2D eigenvalue weighted by Gasteiger charge is -2.56. The number of nitrogens with one attached hydrogen (secondary N) is 1. The van der Waals surface area contributed by atoms with Crippen LogP contribution in [0.1, 0.15) is 48.9 Å². The molecule has 4 fully saturated rings. The molecule has 4 aliphatic carbocycles. The van der Waals surface area contributed by atoms with E-state index >= 15 is 0 Å². The highest BCUT2D eigenvalue weighted by atomic mass is 32.2. The molecule has 4 bridgehead atoms. The van der Waals surface area contributed by atoms with E-state index < -0.39 is 27.4 Å². The Morgan fingerprint density at radius 3 is 2.25 bits per heavy atom. The van der Waals surface area contributed by atoms with Crippen molar-refractivity contribution in [2.45, 2.75) is 43.4 Å². The minimum atomic E-state index is -4.08. The number of sulfonamides is 1. The maximum atomic E-state index is 13.8. The van der Waals surface area contributed by atoms with Gasteiger partial charge >= 0.3 is 5.97 Å². The van der Waals surface area contributed by atoms with Gasteiger partial charge < -0.3 is 9.84 Å². The summed E-state index contributed by atoms with van der Waals surface area (Å²) in [6.07, 6.45) is 7.77. The number of rotatable bonds is 7. The van der Waals surface area contributed by atoms with Crippen LogP contribution < -0.4 is 9.46 Å². The summed E-state index contributed by atoms with van der Waals surface area (Å²) in [6, 6.07) is 13.5. The van der Waals surface area contributed by atoms with Gasteiger partial charge in [-0.1, -0.05) is 24.3 Å². The number of hydrogen-bond donors (Lipinski definition) is 2. The van der Waals surface area contributed by atoms with Gasteiger partial charge in [0.2, 0.25) is 0 Å². The summed E-state index contributed by atoms with van der Waals surface area (Å²) < 4.78 is 49.2. The molecule has 0 atom stereocenters. The quantitative estimate of drug-likeness (QED) is 0.403. The third-order valence-electron chi connectivity index (χ3n) is 8.28. The molecule has 0 aromatic heterocycles. The molecule has 3 aromatic rings. The van der Waals surface area contributed by atoms with Gasteiger partial charge in [-0.05, 0) is 86.6 Å². The normalized spacial score (nSPS) is 26.8. The number of halogens is 1. The predicted molar refractivity (Wildman–Crippen MR) is 134 cm³/mol. The zero-order valence-electron chi connectivity index (χ0n) is 19.7. The molecule has 8 heteroatoms. The van der Waals surface area contributed by atoms with E-state index in [1.54, 1.807) is 18.2 Å². The molecule has 3 aromatic carbocycles. The highest BCUT2D eigenvalue weighted by molar-refractivity contribution is 7.93. The van der Waals surface area contributed by atoms with Crippen LogP contribution in [0.5, 0.6) is 5.75 Å². The van der Waals surface area contributed by atoms with Crippen molar-refractivity contribution in [2.24, 2.45) is 23.2 Å². The van der Waals surface area contributed by atoms with E-state index in [-0.39, 0.29) is 16.0 Å². The molecule has 4 saturated carbocycles. The molecule has 7 rings (SSSR count). The van der Waals surface area contributed by atoms with E-state index in [2.05, 4.69) is 4.72 Å². The molecule has 0 unspecified atom stereocenters. The molecule has 0 spiro atoms. The van der Waals surface area contributed by atoms with Crippen LogP contribution in [0.4, 0.5) is 10.1 Å². The Kier molecular flexibility index (Phi) is 5.48. The van der Waals surface area contributed by atoms with Crippen molar-refractivity contribution in [2.75, 3.05) is 11.3 Å². The van der Waals surface area contributed by atoms with Gasteiger partial charge in [-0.2, -0.15) is 0 Å². The van der Waals surface area contributed by atoms with Crippen molar-refractivity contribution in [3.8, 4) is 5.75 Å². The number of carboxylic acids is 1. The van der Waals surface area contributed by atoms with E-state index in [0.717, 1.165) is 29.9 Å². The Bertz CT molecular complexity index is 1430. The number of anilines is 1. The molecular formula is C28H28FNO5S. The SMILES string of the molecule is O=C(O)c1cc(NS(=O)(=O)c2ccc(OCC34CC5CC(CC(C5)C3)C4)c3ccccc23)ccc1F. The molecule has 4 aliphatic rings. The molecule has 0 aliphatic heterocycles. The van der Waals surface area contributed by atoms with Crippen molar-refractivity contribution in [1.82, 2.24) is 0 Å². The van der Waals surface area contributed by atoms with Gasteiger partial charge in [0.05, 0.1) is 17.1 Å². The lowest BCUT2D eigenvalue weighted by Crippen LogP contribution is -2.48. The average Bonchev–Trinajstić information content (AvgIpc) is 2.82. The summed E-state index contributed by atoms with van der Waals surface area (Å²) in [4.78, 5) is 11.3. The number of ether oxygens (including phenoxy) is 1. The second kappa shape index (κ2) is 8.47. The number of fused-ring (bicyclic) bond motifs is 1. The number of carbonyl (C=O) groups is 1. The van der Waals surface area contributed by atoms with Gasteiger partial charge in [-0.25, -0.2) is 17.6 Å². The Balaban J connectivity index is 1.28. The van der Waals surface area contributed by atoms with Gasteiger partial charge in [0.1, 0.15) is 11.6 Å². The van der Waals surface area contributed by atoms with Crippen molar-refractivity contribution >= 4 is 32.5 Å². The molecule has 0 amide bonds. The zero-order valence-corrected chi connectivity index (χ0v) is 20.6. The first kappa shape index (κ1) is 23.3. The first-order chi connectivity index (χ1) is 17.2. The van der Waals surface area contributed by atoms with Crippen molar-refractivity contribution in [3.05, 3.63) is 66.0 Å². The second-order valence-electron chi connectivity index (χ2n) is 10.9. The monoisotopic (exact) mass is 509 g/mol. The summed E-state index contributed by atoms with van der Waals surface area (Å²) >= 11 is 0. The highest BCUT2D eigenvalue weighted by Crippen LogP contribution is 2.60. The van der Waals surface area contributed by atoms with Gasteiger partial charge in [0.25, 0.3) is 10.0 Å². The summed E-state index contributed by atoms with van der Waals surface area (Å²) in [5, 5.41) is 10.4. The smallest absolute Gasteiger partial charge is 0.338 e. The highest BCUT2D eigenvalue weighted by Gasteiger charge is 2.51. The van der Waals surface area contributed by atoms with Crippen molar-refractivity contribution < 1.29 is 27.4 Å². The van der Waals surface area contributed by atoms with Gasteiger partial charge in [-0.15, -0.1) is 0 Å². The van der Waals surface area contributed by atoms with E-state index in [9.17, 15) is 17.6 Å². The Morgan fingerprint density at radius 2 is 1.61 bits per heavy atom. The number of hydrogen-bond acceptors (Lipinski definition) is 4. The molecule has 0 radical (unpaired) electrons. The van der Waals surface area contributed by atoms with Crippen molar-refractivity contribution in [1.29, 1.82) is 0 Å². The largest absolute Gasteiger partial charge is 0.492 e. The molecule has 188 valence electrons. The van der Waals surface area contributed by atoms with Gasteiger partial charge in [0.15, 0.2) is 0 Å². The van der Waals surface area contributed by atoms with Crippen LogP contribution in [-0.2, 0) is 10.0 Å². The molecule has 0 saturated heterocycles. The summed E-state index contributed by atoms with van der Waals surface area (Å²) in [5.74, 6) is 0.723. The van der Waals surface area contributed by atoms with Crippen molar-refractivity contribution in [3.63, 3.8) is 0 Å². The number of benzene rings is 3. The minimum absolute atomic E-state index is 0.0278. The van der Waals surface area contributed by atoms with Gasteiger partial charge in [-0.3, -0.25) is 4.72 Å². The van der Waals surface area contributed by atoms with E-state index in [4.69, 9.17) is 9.84 Å². The fourth-order valence-corrected chi connectivity index (χ4v) is 8.53. The van der Waals surface area contributed by atoms with E-state index in [0.29, 0.717) is 23.1 Å². The van der Waals surface area contributed by atoms with E-state index in [1.165, 1.54) is 50.7 Å². The summed E-state index contributed by atoms with van der Waals surface area (Å²) in [6.45, 7) is 0.651. The van der Waals surface area contributed by atoms with Crippen LogP contribution in [0.15, 0.2) is 59.5 Å². The average molecular weight is 510 g/mol. The van der Waals surface area contributed by atoms with Crippen LogP contribution in [0.2, 0.25) is 0 Å². The van der Waals surface area contributed by atoms with Gasteiger partial charge in [0, 0.05) is 21.9 Å².